The Kier molecular flexibility index (Phi) is 6.43. The zero-order valence-corrected chi connectivity index (χ0v) is 19.1. The maximum Gasteiger partial charge on any atom is 0.434 e. The number of carbonyl (C=O) groups excluding carboxylic acids is 1. The van der Waals surface area contributed by atoms with Crippen LogP contribution in [-0.4, -0.2) is 42.0 Å². The number of pyridine rings is 1. The van der Waals surface area contributed by atoms with Gasteiger partial charge in [-0.25, -0.2) is 13.4 Å². The predicted molar refractivity (Wildman–Crippen MR) is 122 cm³/mol. The summed E-state index contributed by atoms with van der Waals surface area (Å²) in [7, 11) is -3.45. The average Bonchev–Trinajstić information content (AvgIpc) is 3.20. The van der Waals surface area contributed by atoms with Crippen LogP contribution in [0.15, 0.2) is 48.7 Å². The van der Waals surface area contributed by atoms with E-state index < -0.39 is 21.9 Å². The normalized spacial score (nSPS) is 19.1. The average molecular weight is 496 g/mol. The number of aromatic nitrogens is 2. The van der Waals surface area contributed by atoms with Crippen molar-refractivity contribution < 1.29 is 26.4 Å². The van der Waals surface area contributed by atoms with Gasteiger partial charge in [-0.15, -0.1) is 0 Å². The SMILES string of the molecule is CS(=O)(=O)Nc1cccc(C(=O)N[C@H]2CC[C@@H](Nc3cccc4nc(C(F)(F)F)cn34)CC2)c1. The molecule has 0 bridgehead atoms. The smallest absolute Gasteiger partial charge is 0.368 e. The van der Waals surface area contributed by atoms with Crippen LogP contribution < -0.4 is 15.4 Å². The van der Waals surface area contributed by atoms with Crippen LogP contribution in [0, 0.1) is 0 Å². The van der Waals surface area contributed by atoms with Crippen LogP contribution in [0.5, 0.6) is 0 Å². The first-order valence-electron chi connectivity index (χ1n) is 10.7. The number of imidazole rings is 1. The third-order valence-electron chi connectivity index (χ3n) is 5.62. The monoisotopic (exact) mass is 495 g/mol. The van der Waals surface area contributed by atoms with E-state index in [2.05, 4.69) is 20.3 Å². The summed E-state index contributed by atoms with van der Waals surface area (Å²) in [5, 5.41) is 6.28. The Bertz CT molecular complexity index is 1300. The molecule has 3 aromatic rings. The first-order chi connectivity index (χ1) is 16.0. The molecular weight excluding hydrogens is 471 g/mol. The van der Waals surface area contributed by atoms with E-state index in [-0.39, 0.29) is 23.6 Å². The number of nitrogens with zero attached hydrogens (tertiary/aromatic N) is 2. The summed E-state index contributed by atoms with van der Waals surface area (Å²) in [4.78, 5) is 16.3. The minimum Gasteiger partial charge on any atom is -0.368 e. The lowest BCUT2D eigenvalue weighted by Gasteiger charge is -2.30. The molecule has 8 nitrogen and oxygen atoms in total. The Hall–Kier alpha value is -3.28. The number of sulfonamides is 1. The van der Waals surface area contributed by atoms with Gasteiger partial charge in [0.25, 0.3) is 5.91 Å². The lowest BCUT2D eigenvalue weighted by Crippen LogP contribution is -2.40. The molecule has 0 spiro atoms. The molecule has 0 saturated heterocycles. The lowest BCUT2D eigenvalue weighted by molar-refractivity contribution is -0.140. The number of hydrogen-bond donors (Lipinski definition) is 3. The summed E-state index contributed by atoms with van der Waals surface area (Å²) in [6, 6.07) is 11.1. The third-order valence-corrected chi connectivity index (χ3v) is 6.23. The van der Waals surface area contributed by atoms with Crippen LogP contribution >= 0.6 is 0 Å². The van der Waals surface area contributed by atoms with E-state index in [0.29, 0.717) is 29.9 Å². The van der Waals surface area contributed by atoms with Gasteiger partial charge in [0.15, 0.2) is 5.69 Å². The fourth-order valence-electron chi connectivity index (χ4n) is 4.06. The Morgan fingerprint density at radius 3 is 2.41 bits per heavy atom. The van der Waals surface area contributed by atoms with Gasteiger partial charge < -0.3 is 10.6 Å². The molecule has 1 amide bonds. The Morgan fingerprint density at radius 2 is 1.74 bits per heavy atom. The molecule has 1 aromatic carbocycles. The number of rotatable bonds is 6. The van der Waals surface area contributed by atoms with E-state index in [0.717, 1.165) is 25.3 Å². The molecule has 182 valence electrons. The van der Waals surface area contributed by atoms with Crippen molar-refractivity contribution in [3.8, 4) is 0 Å². The largest absolute Gasteiger partial charge is 0.434 e. The maximum atomic E-state index is 13.0. The highest BCUT2D eigenvalue weighted by molar-refractivity contribution is 7.92. The highest BCUT2D eigenvalue weighted by Crippen LogP contribution is 2.30. The molecule has 1 saturated carbocycles. The van der Waals surface area contributed by atoms with Gasteiger partial charge in [0.1, 0.15) is 11.5 Å². The van der Waals surface area contributed by atoms with Crippen LogP contribution in [0.3, 0.4) is 0 Å². The molecule has 0 unspecified atom stereocenters. The van der Waals surface area contributed by atoms with Gasteiger partial charge in [0.05, 0.1) is 6.26 Å². The molecule has 1 fully saturated rings. The fraction of sp³-hybridized carbons (Fsp3) is 0.364. The zero-order valence-electron chi connectivity index (χ0n) is 18.3. The topological polar surface area (TPSA) is 105 Å². The predicted octanol–water partition coefficient (Wildman–Crippen LogP) is 3.88. The van der Waals surface area contributed by atoms with Crippen molar-refractivity contribution in [1.29, 1.82) is 0 Å². The minimum absolute atomic E-state index is 0.0396. The maximum absolute atomic E-state index is 13.0. The minimum atomic E-state index is -4.51. The quantitative estimate of drug-likeness (QED) is 0.482. The summed E-state index contributed by atoms with van der Waals surface area (Å²) >= 11 is 0. The van der Waals surface area contributed by atoms with Crippen LogP contribution in [0.25, 0.3) is 5.65 Å². The Morgan fingerprint density at radius 1 is 1.06 bits per heavy atom. The van der Waals surface area contributed by atoms with Gasteiger partial charge in [0, 0.05) is 29.5 Å². The number of anilines is 2. The van der Waals surface area contributed by atoms with Crippen molar-refractivity contribution in [2.75, 3.05) is 16.3 Å². The first kappa shape index (κ1) is 23.9. The molecule has 1 aliphatic carbocycles. The number of amides is 1. The van der Waals surface area contributed by atoms with Gasteiger partial charge in [-0.3, -0.25) is 13.9 Å². The molecule has 12 heteroatoms. The number of carbonyl (C=O) groups is 1. The molecular formula is C22H24F3N5O3S. The number of hydrogen-bond acceptors (Lipinski definition) is 5. The molecule has 2 heterocycles. The highest BCUT2D eigenvalue weighted by Gasteiger charge is 2.34. The van der Waals surface area contributed by atoms with Gasteiger partial charge in [0.2, 0.25) is 10.0 Å². The molecule has 1 aliphatic rings. The van der Waals surface area contributed by atoms with Crippen molar-refractivity contribution in [2.45, 2.75) is 43.9 Å². The zero-order chi connectivity index (χ0) is 24.5. The highest BCUT2D eigenvalue weighted by atomic mass is 32.2. The molecule has 2 aromatic heterocycles. The van der Waals surface area contributed by atoms with Crippen LogP contribution in [0.2, 0.25) is 0 Å². The summed E-state index contributed by atoms with van der Waals surface area (Å²) in [5.41, 5.74) is -0.0681. The van der Waals surface area contributed by atoms with Gasteiger partial charge in [-0.1, -0.05) is 12.1 Å². The second-order valence-electron chi connectivity index (χ2n) is 8.38. The summed E-state index contributed by atoms with van der Waals surface area (Å²) in [6.45, 7) is 0. The van der Waals surface area contributed by atoms with E-state index in [9.17, 15) is 26.4 Å². The van der Waals surface area contributed by atoms with E-state index in [1.54, 1.807) is 30.3 Å². The first-order valence-corrected chi connectivity index (χ1v) is 12.6. The van der Waals surface area contributed by atoms with Crippen molar-refractivity contribution >= 4 is 33.1 Å². The summed E-state index contributed by atoms with van der Waals surface area (Å²) < 4.78 is 65.6. The Balaban J connectivity index is 1.35. The number of halogens is 3. The molecule has 34 heavy (non-hydrogen) atoms. The van der Waals surface area contributed by atoms with Gasteiger partial charge in [-0.2, -0.15) is 13.2 Å². The van der Waals surface area contributed by atoms with Crippen LogP contribution in [0.4, 0.5) is 24.7 Å². The van der Waals surface area contributed by atoms with E-state index in [4.69, 9.17) is 0 Å². The second kappa shape index (κ2) is 9.16. The van der Waals surface area contributed by atoms with Crippen molar-refractivity contribution in [2.24, 2.45) is 0 Å². The Labute approximate surface area is 194 Å². The molecule has 4 rings (SSSR count). The van der Waals surface area contributed by atoms with Gasteiger partial charge in [-0.05, 0) is 56.0 Å². The van der Waals surface area contributed by atoms with E-state index in [1.807, 2.05) is 0 Å². The number of alkyl halides is 3. The summed E-state index contributed by atoms with van der Waals surface area (Å²) in [5.74, 6) is 0.236. The van der Waals surface area contributed by atoms with Gasteiger partial charge >= 0.3 is 6.18 Å². The van der Waals surface area contributed by atoms with Crippen LogP contribution in [0.1, 0.15) is 41.7 Å². The van der Waals surface area contributed by atoms with Crippen molar-refractivity contribution in [1.82, 2.24) is 14.7 Å². The standard InChI is InChI=1S/C22H24F3N5O3S/c1-34(32,33)29-17-5-2-4-14(12-17)21(31)27-16-10-8-15(9-11-16)26-19-6-3-7-20-28-18(13-30(19)20)22(23,24)25/h2-7,12-13,15-16,26,29H,8-11H2,1H3,(H,27,31)/t15-,16+. The molecule has 3 N–H and O–H groups in total. The molecule has 0 radical (unpaired) electrons. The lowest BCUT2D eigenvalue weighted by atomic mass is 9.91. The summed E-state index contributed by atoms with van der Waals surface area (Å²) in [6.07, 6.45) is 0.331. The number of fused-ring (bicyclic) bond motifs is 1. The van der Waals surface area contributed by atoms with Crippen LogP contribution in [-0.2, 0) is 16.2 Å². The molecule has 0 atom stereocenters. The molecule has 0 aliphatic heterocycles. The van der Waals surface area contributed by atoms with Crippen molar-refractivity contribution in [3.05, 3.63) is 59.9 Å². The van der Waals surface area contributed by atoms with E-state index in [1.165, 1.54) is 16.5 Å². The number of benzene rings is 1. The number of nitrogens with one attached hydrogen (secondary N) is 3. The van der Waals surface area contributed by atoms with Crippen molar-refractivity contribution in [3.63, 3.8) is 0 Å². The fourth-order valence-corrected chi connectivity index (χ4v) is 4.62. The second-order valence-corrected chi connectivity index (χ2v) is 10.1. The van der Waals surface area contributed by atoms with E-state index >= 15 is 0 Å². The third kappa shape index (κ3) is 5.79.